The maximum absolute atomic E-state index is 14.8. The van der Waals surface area contributed by atoms with Crippen LogP contribution in [0.5, 0.6) is 5.88 Å². The van der Waals surface area contributed by atoms with Crippen molar-refractivity contribution in [2.24, 2.45) is 23.0 Å². The number of primary amides is 1. The van der Waals surface area contributed by atoms with Crippen LogP contribution in [0.15, 0.2) is 42.3 Å². The highest BCUT2D eigenvalue weighted by molar-refractivity contribution is 7.14. The number of thiazole rings is 1. The van der Waals surface area contributed by atoms with Gasteiger partial charge in [0.25, 0.3) is 5.91 Å². The van der Waals surface area contributed by atoms with Crippen LogP contribution in [-0.4, -0.2) is 91.1 Å². The number of Topliss-reactive ketones (excluding diaryl/α,β-unsaturated/α-hetero) is 1. The van der Waals surface area contributed by atoms with Gasteiger partial charge in [0, 0.05) is 36.5 Å². The smallest absolute Gasteiger partial charge is 0.287 e. The molecule has 15 nitrogen and oxygen atoms in total. The first-order valence-corrected chi connectivity index (χ1v) is 20.5. The second kappa shape index (κ2) is 18.0. The number of halogens is 1. The van der Waals surface area contributed by atoms with E-state index >= 15 is 0 Å². The van der Waals surface area contributed by atoms with Gasteiger partial charge in [0.05, 0.1) is 23.8 Å². The van der Waals surface area contributed by atoms with Crippen molar-refractivity contribution in [3.63, 3.8) is 0 Å². The van der Waals surface area contributed by atoms with Crippen LogP contribution < -0.4 is 26.4 Å². The van der Waals surface area contributed by atoms with Crippen molar-refractivity contribution in [3.05, 3.63) is 47.3 Å². The number of ketones is 1. The lowest BCUT2D eigenvalue weighted by Gasteiger charge is -2.37. The number of carbonyl (C=O) groups is 5. The van der Waals surface area contributed by atoms with Gasteiger partial charge in [0.1, 0.15) is 35.6 Å². The summed E-state index contributed by atoms with van der Waals surface area (Å²) in [5.41, 5.74) is 5.84. The van der Waals surface area contributed by atoms with Crippen LogP contribution in [0, 0.1) is 17.3 Å². The summed E-state index contributed by atoms with van der Waals surface area (Å²) in [6.07, 6.45) is 13.4. The summed E-state index contributed by atoms with van der Waals surface area (Å²) in [5, 5.41) is 12.0. The number of rotatable bonds is 15. The molecule has 2 saturated carbocycles. The van der Waals surface area contributed by atoms with Crippen LogP contribution in [0.4, 0.5) is 5.13 Å². The van der Waals surface area contributed by atoms with Crippen LogP contribution in [0.1, 0.15) is 85.0 Å². The lowest BCUT2D eigenvalue weighted by atomic mass is 9.80. The largest absolute Gasteiger partial charge is 0.472 e. The van der Waals surface area contributed by atoms with E-state index in [0.29, 0.717) is 21.5 Å². The molecular formula is C39H50ClN9O6S. The average molecular weight is 808 g/mol. The third-order valence-electron chi connectivity index (χ3n) is 10.9. The van der Waals surface area contributed by atoms with Crippen molar-refractivity contribution in [3.8, 4) is 17.3 Å². The van der Waals surface area contributed by atoms with Gasteiger partial charge in [-0.25, -0.2) is 9.97 Å². The first-order chi connectivity index (χ1) is 26.8. The van der Waals surface area contributed by atoms with Crippen LogP contribution in [-0.2, 0) is 24.0 Å². The van der Waals surface area contributed by atoms with Gasteiger partial charge in [0.2, 0.25) is 29.4 Å². The zero-order chi connectivity index (χ0) is 40.0. The van der Waals surface area contributed by atoms with E-state index in [1.165, 1.54) is 22.4 Å². The minimum atomic E-state index is -1.14. The monoisotopic (exact) mass is 807 g/mol. The van der Waals surface area contributed by atoms with E-state index in [0.717, 1.165) is 51.4 Å². The van der Waals surface area contributed by atoms with Gasteiger partial charge in [-0.15, -0.1) is 11.3 Å². The fourth-order valence-electron chi connectivity index (χ4n) is 7.64. The number of hydrogen-bond donors (Lipinski definition) is 4. The maximum Gasteiger partial charge on any atom is 0.287 e. The molecule has 2 unspecified atom stereocenters. The normalized spacial score (nSPS) is 20.6. The molecule has 1 aliphatic heterocycles. The number of amides is 4. The molecule has 5 N–H and O–H groups in total. The number of aromatic nitrogens is 4. The third-order valence-corrected chi connectivity index (χ3v) is 11.9. The highest BCUT2D eigenvalue weighted by Crippen LogP contribution is 2.34. The number of likely N-dealkylation sites (tertiary alicyclic amines) is 1. The molecule has 0 spiro atoms. The van der Waals surface area contributed by atoms with Gasteiger partial charge in [-0.05, 0) is 42.6 Å². The van der Waals surface area contributed by atoms with Crippen molar-refractivity contribution in [1.29, 1.82) is 0 Å². The van der Waals surface area contributed by atoms with Crippen molar-refractivity contribution in [2.75, 3.05) is 11.9 Å². The molecule has 0 aromatic carbocycles. The molecule has 3 aromatic heterocycles. The fourth-order valence-corrected chi connectivity index (χ4v) is 8.50. The molecule has 6 rings (SSSR count). The minimum absolute atomic E-state index is 0.00465. The van der Waals surface area contributed by atoms with E-state index in [1.807, 2.05) is 26.2 Å². The molecule has 17 heteroatoms. The Labute approximate surface area is 335 Å². The zero-order valence-corrected chi connectivity index (χ0v) is 33.5. The topological polar surface area (TPSA) is 211 Å². The van der Waals surface area contributed by atoms with Crippen molar-refractivity contribution < 1.29 is 28.7 Å². The van der Waals surface area contributed by atoms with Crippen molar-refractivity contribution in [1.82, 2.24) is 35.5 Å². The van der Waals surface area contributed by atoms with Crippen LogP contribution >= 0.6 is 22.9 Å². The van der Waals surface area contributed by atoms with Gasteiger partial charge >= 0.3 is 0 Å². The molecule has 2 aliphatic carbocycles. The molecule has 3 aliphatic rings. The maximum atomic E-state index is 14.8. The number of nitrogens with one attached hydrogen (secondary N) is 3. The number of hydrogen-bond acceptors (Lipinski definition) is 12. The Kier molecular flexibility index (Phi) is 13.2. The summed E-state index contributed by atoms with van der Waals surface area (Å²) in [6.45, 7) is 5.55. The Balaban J connectivity index is 1.25. The van der Waals surface area contributed by atoms with Crippen molar-refractivity contribution >= 4 is 57.5 Å². The molecular weight excluding hydrogens is 758 g/mol. The summed E-state index contributed by atoms with van der Waals surface area (Å²) < 4.78 is 6.14. The highest BCUT2D eigenvalue weighted by Gasteiger charge is 2.47. The Hall–Kier alpha value is -4.70. The molecule has 4 heterocycles. The summed E-state index contributed by atoms with van der Waals surface area (Å²) in [7, 11) is 0. The summed E-state index contributed by atoms with van der Waals surface area (Å²) in [4.78, 5) is 87.1. The number of nitrogens with zero attached hydrogens (tertiary/aromatic N) is 5. The number of pyridine rings is 1. The van der Waals surface area contributed by atoms with E-state index in [1.54, 1.807) is 30.7 Å². The second-order valence-corrected chi connectivity index (χ2v) is 17.4. The summed E-state index contributed by atoms with van der Waals surface area (Å²) >= 11 is 7.39. The quantitative estimate of drug-likeness (QED) is 0.159. The SMILES string of the molecule is CC(C)(C)[C@H](NC(=O)[C@@H](Nc1nc(-c2cnccn2)cs1)C1CCCCC1)C(=O)N1C[C@H](Oc2ccc(Cl)cn2)CC1C(=O)NC(CC1CCC1)C(=O)C(N)=O. The summed E-state index contributed by atoms with van der Waals surface area (Å²) in [6, 6.07) is -0.747. The Morgan fingerprint density at radius 3 is 2.38 bits per heavy atom. The standard InChI is InChI=1S/C39H50ClN9O6S/c1-39(2,3)33(48-36(53)31(23-10-5-4-6-11-23)47-38-46-28(21-56-38)27-19-42-14-15-43-27)37(54)49-20-25(55-30-13-12-24(40)18-44-30)17-29(49)35(52)45-26(32(50)34(41)51)16-22-8-7-9-22/h12-15,18-19,21-23,25-26,29,31,33H,4-11,16-17,20H2,1-3H3,(H2,41,51)(H,45,52)(H,46,47)(H,48,53)/t25-,26?,29?,31+,33-/m1/s1. The molecule has 300 valence electrons. The third kappa shape index (κ3) is 10.2. The van der Waals surface area contributed by atoms with E-state index in [4.69, 9.17) is 27.1 Å². The number of anilines is 1. The van der Waals surface area contributed by atoms with Gasteiger partial charge in [-0.1, -0.05) is 70.9 Å². The van der Waals surface area contributed by atoms with E-state index < -0.39 is 59.2 Å². The molecule has 1 saturated heterocycles. The predicted molar refractivity (Wildman–Crippen MR) is 210 cm³/mol. The fraction of sp³-hybridized carbons (Fsp3) is 0.564. The number of nitrogens with two attached hydrogens (primary N) is 1. The van der Waals surface area contributed by atoms with E-state index in [2.05, 4.69) is 30.9 Å². The van der Waals surface area contributed by atoms with Crippen LogP contribution in [0.25, 0.3) is 11.4 Å². The zero-order valence-electron chi connectivity index (χ0n) is 31.9. The van der Waals surface area contributed by atoms with Crippen LogP contribution in [0.3, 0.4) is 0 Å². The van der Waals surface area contributed by atoms with Gasteiger partial charge in [-0.3, -0.25) is 33.9 Å². The molecule has 3 aromatic rings. The highest BCUT2D eigenvalue weighted by atomic mass is 35.5. The molecule has 0 bridgehead atoms. The average Bonchev–Trinajstić information content (AvgIpc) is 3.82. The van der Waals surface area contributed by atoms with Crippen LogP contribution in [0.2, 0.25) is 5.02 Å². The Bertz CT molecular complexity index is 1860. The minimum Gasteiger partial charge on any atom is -0.472 e. The van der Waals surface area contributed by atoms with Gasteiger partial charge < -0.3 is 31.3 Å². The summed E-state index contributed by atoms with van der Waals surface area (Å²) in [5.74, 6) is -3.05. The first kappa shape index (κ1) is 40.9. The molecule has 0 radical (unpaired) electrons. The Morgan fingerprint density at radius 2 is 1.75 bits per heavy atom. The number of ether oxygens (including phenoxy) is 1. The Morgan fingerprint density at radius 1 is 0.982 bits per heavy atom. The second-order valence-electron chi connectivity index (χ2n) is 16.1. The van der Waals surface area contributed by atoms with Gasteiger partial charge in [-0.2, -0.15) is 0 Å². The lowest BCUT2D eigenvalue weighted by molar-refractivity contribution is -0.145. The molecule has 3 fully saturated rings. The first-order valence-electron chi connectivity index (χ1n) is 19.3. The van der Waals surface area contributed by atoms with Gasteiger partial charge in [0.15, 0.2) is 5.13 Å². The predicted octanol–water partition coefficient (Wildman–Crippen LogP) is 4.32. The van der Waals surface area contributed by atoms with Crippen molar-refractivity contribution in [2.45, 2.75) is 115 Å². The molecule has 5 atom stereocenters. The number of carbonyl (C=O) groups excluding carboxylic acids is 5. The molecule has 4 amide bonds. The van der Waals surface area contributed by atoms with E-state index in [-0.39, 0.29) is 43.0 Å². The van der Waals surface area contributed by atoms with E-state index in [9.17, 15) is 24.0 Å². The molecule has 56 heavy (non-hydrogen) atoms. The lowest BCUT2D eigenvalue weighted by Crippen LogP contribution is -2.61.